The number of rotatable bonds is 3. The van der Waals surface area contributed by atoms with Crippen LogP contribution in [-0.4, -0.2) is 41.4 Å². The minimum atomic E-state index is -1.43. The molecule has 0 spiro atoms. The number of fused-ring (bicyclic) bond motifs is 7. The maximum atomic E-state index is 14.9. The minimum absolute atomic E-state index is 0.00437. The lowest BCUT2D eigenvalue weighted by atomic mass is 9.40. The Morgan fingerprint density at radius 3 is 2.48 bits per heavy atom. The fourth-order valence-electron chi connectivity index (χ4n) is 9.08. The summed E-state index contributed by atoms with van der Waals surface area (Å²) < 4.78 is 5.65. The first-order valence-electron chi connectivity index (χ1n) is 14.8. The summed E-state index contributed by atoms with van der Waals surface area (Å²) in [6, 6.07) is 13.1. The van der Waals surface area contributed by atoms with Crippen molar-refractivity contribution in [2.75, 3.05) is 11.5 Å². The van der Waals surface area contributed by atoms with E-state index in [-0.39, 0.29) is 29.4 Å². The first-order chi connectivity index (χ1) is 19.2. The lowest BCUT2D eigenvalue weighted by Crippen LogP contribution is -2.77. The topological polar surface area (TPSA) is 110 Å². The smallest absolute Gasteiger partial charge is 0.251 e. The number of amidine groups is 1. The van der Waals surface area contributed by atoms with Crippen LogP contribution in [0.1, 0.15) is 72.1 Å². The molecule has 7 rings (SSSR count). The molecule has 206 valence electrons. The van der Waals surface area contributed by atoms with Crippen LogP contribution in [0.3, 0.4) is 0 Å². The molecule has 6 atom stereocenters. The molecule has 0 N–H and O–H groups in total. The average molecular weight is 538 g/mol. The van der Waals surface area contributed by atoms with E-state index in [1.807, 2.05) is 31.2 Å². The van der Waals surface area contributed by atoms with Gasteiger partial charge in [0.15, 0.2) is 5.78 Å². The fraction of sp³-hybridized carbons (Fsp3) is 0.594. The van der Waals surface area contributed by atoms with Gasteiger partial charge in [-0.2, -0.15) is 10.5 Å². The van der Waals surface area contributed by atoms with Crippen molar-refractivity contribution in [2.24, 2.45) is 33.1 Å². The highest BCUT2D eigenvalue weighted by Gasteiger charge is 2.76. The number of hydrogen-bond acceptors (Lipinski definition) is 7. The highest BCUT2D eigenvalue weighted by atomic mass is 16.5. The van der Waals surface area contributed by atoms with Crippen LogP contribution in [0.25, 0.3) is 0 Å². The summed E-state index contributed by atoms with van der Waals surface area (Å²) in [5.41, 5.74) is -0.587. The predicted molar refractivity (Wildman–Crippen MR) is 148 cm³/mol. The quantitative estimate of drug-likeness (QED) is 0.530. The van der Waals surface area contributed by atoms with E-state index in [4.69, 9.17) is 9.73 Å². The van der Waals surface area contributed by atoms with Crippen LogP contribution in [0, 0.1) is 50.7 Å². The zero-order chi connectivity index (χ0) is 28.0. The van der Waals surface area contributed by atoms with E-state index in [0.29, 0.717) is 43.7 Å². The van der Waals surface area contributed by atoms with E-state index >= 15 is 0 Å². The maximum Gasteiger partial charge on any atom is 0.251 e. The third kappa shape index (κ3) is 2.97. The predicted octanol–water partition coefficient (Wildman–Crippen LogP) is 5.12. The number of piperidine rings is 2. The Hall–Kier alpha value is -3.65. The molecule has 0 radical (unpaired) electrons. The molecule has 6 aliphatic rings. The van der Waals surface area contributed by atoms with E-state index in [9.17, 15) is 20.1 Å². The van der Waals surface area contributed by atoms with E-state index in [2.05, 4.69) is 30.9 Å². The number of carbonyl (C=O) groups is 2. The second-order valence-corrected chi connectivity index (χ2v) is 13.1. The van der Waals surface area contributed by atoms with Gasteiger partial charge in [0.1, 0.15) is 34.7 Å². The van der Waals surface area contributed by atoms with Crippen molar-refractivity contribution in [3.8, 4) is 17.9 Å². The molecule has 40 heavy (non-hydrogen) atoms. The van der Waals surface area contributed by atoms with Crippen molar-refractivity contribution < 1.29 is 14.3 Å². The second-order valence-electron chi connectivity index (χ2n) is 13.1. The lowest BCUT2D eigenvalue weighted by molar-refractivity contribution is -0.154. The average Bonchev–Trinajstić information content (AvgIpc) is 2.92. The Balaban J connectivity index is 1.48. The van der Waals surface area contributed by atoms with Gasteiger partial charge < -0.3 is 9.64 Å². The molecule has 3 heterocycles. The van der Waals surface area contributed by atoms with Gasteiger partial charge in [-0.25, -0.2) is 4.99 Å². The van der Waals surface area contributed by atoms with Crippen LogP contribution in [0.4, 0.5) is 5.69 Å². The number of ketones is 1. The normalized spacial score (nSPS) is 37.1. The van der Waals surface area contributed by atoms with E-state index in [1.165, 1.54) is 0 Å². The summed E-state index contributed by atoms with van der Waals surface area (Å²) in [5, 5.41) is 22.1. The zero-order valence-electron chi connectivity index (χ0n) is 23.4. The minimum Gasteiger partial charge on any atom is -0.494 e. The Labute approximate surface area is 235 Å². The van der Waals surface area contributed by atoms with Crippen molar-refractivity contribution >= 4 is 23.2 Å². The van der Waals surface area contributed by atoms with Gasteiger partial charge in [-0.15, -0.1) is 0 Å². The SMILES string of the molecule is CCOc1ccc(N2C3CCCC2N2C(=O)C4(C#N)C5CCCC4C(C#N)(C2=N3)C2=C5C(=O)CC(C)(C)C2)cc1. The first-order valence-corrected chi connectivity index (χ1v) is 14.8. The molecule has 1 aromatic rings. The van der Waals surface area contributed by atoms with Gasteiger partial charge in [0.25, 0.3) is 5.91 Å². The summed E-state index contributed by atoms with van der Waals surface area (Å²) in [7, 11) is 0. The largest absolute Gasteiger partial charge is 0.494 e. The van der Waals surface area contributed by atoms with Gasteiger partial charge in [-0.3, -0.25) is 14.5 Å². The van der Waals surface area contributed by atoms with Crippen molar-refractivity contribution in [3.05, 3.63) is 35.4 Å². The number of Topliss-reactive ketones (excluding diaryl/α,β-unsaturated/α-hetero) is 1. The van der Waals surface area contributed by atoms with Crippen LogP contribution >= 0.6 is 0 Å². The molecule has 3 fully saturated rings. The fourth-order valence-corrected chi connectivity index (χ4v) is 9.08. The lowest BCUT2D eigenvalue weighted by Gasteiger charge is -2.65. The molecular formula is C32H35N5O3. The standard InChI is InChI=1S/C32H35N5O3/c1-4-40-20-13-11-19(12-14-20)36-25-9-6-10-26(36)37-28(35-25)31(17-33)22-15-30(2,3)16-23(38)27(22)21-7-5-8-24(31)32(21,18-34)29(37)39/h11-14,21,24-26H,4-10,15-16H2,1-3H3. The molecule has 6 unspecified atom stereocenters. The van der Waals surface area contributed by atoms with Gasteiger partial charge in [0, 0.05) is 29.5 Å². The number of anilines is 1. The van der Waals surface area contributed by atoms with Gasteiger partial charge in [-0.05, 0) is 80.7 Å². The molecule has 3 aliphatic heterocycles. The van der Waals surface area contributed by atoms with Crippen LogP contribution in [-0.2, 0) is 9.59 Å². The van der Waals surface area contributed by atoms with E-state index < -0.39 is 22.7 Å². The summed E-state index contributed by atoms with van der Waals surface area (Å²) >= 11 is 0. The summed E-state index contributed by atoms with van der Waals surface area (Å²) in [5.74, 6) is 0.0561. The van der Waals surface area contributed by atoms with Gasteiger partial charge >= 0.3 is 0 Å². The highest BCUT2D eigenvalue weighted by molar-refractivity contribution is 6.15. The number of allylic oxidation sites excluding steroid dienone is 1. The number of nitrogens with zero attached hydrogens (tertiary/aromatic N) is 5. The zero-order valence-corrected chi connectivity index (χ0v) is 23.4. The number of carbonyl (C=O) groups excluding carboxylic acids is 2. The third-order valence-corrected chi connectivity index (χ3v) is 10.4. The molecule has 1 saturated carbocycles. The second kappa shape index (κ2) is 8.43. The van der Waals surface area contributed by atoms with Crippen molar-refractivity contribution in [3.63, 3.8) is 0 Å². The van der Waals surface area contributed by atoms with Crippen LogP contribution in [0.15, 0.2) is 40.4 Å². The Morgan fingerprint density at radius 2 is 1.77 bits per heavy atom. The van der Waals surface area contributed by atoms with Crippen molar-refractivity contribution in [1.82, 2.24) is 4.90 Å². The molecule has 6 bridgehead atoms. The highest BCUT2D eigenvalue weighted by Crippen LogP contribution is 2.69. The molecule has 0 aromatic heterocycles. The monoisotopic (exact) mass is 537 g/mol. The molecule has 3 aliphatic carbocycles. The molecule has 1 aromatic carbocycles. The summed E-state index contributed by atoms with van der Waals surface area (Å²) in [6.45, 7) is 6.69. The molecule has 8 nitrogen and oxygen atoms in total. The first kappa shape index (κ1) is 25.3. The number of benzene rings is 1. The summed E-state index contributed by atoms with van der Waals surface area (Å²) in [6.07, 6.45) is 4.87. The number of hydrogen-bond donors (Lipinski definition) is 0. The third-order valence-electron chi connectivity index (χ3n) is 10.4. The van der Waals surface area contributed by atoms with E-state index in [1.54, 1.807) is 4.90 Å². The van der Waals surface area contributed by atoms with Gasteiger partial charge in [0.05, 0.1) is 18.7 Å². The summed E-state index contributed by atoms with van der Waals surface area (Å²) in [4.78, 5) is 37.9. The molecule has 2 saturated heterocycles. The van der Waals surface area contributed by atoms with E-state index in [0.717, 1.165) is 42.7 Å². The molecule has 1 amide bonds. The van der Waals surface area contributed by atoms with Gasteiger partial charge in [0.2, 0.25) is 0 Å². The van der Waals surface area contributed by atoms with Crippen LogP contribution in [0.2, 0.25) is 0 Å². The Morgan fingerprint density at radius 1 is 1.02 bits per heavy atom. The Bertz CT molecular complexity index is 1460. The van der Waals surface area contributed by atoms with Gasteiger partial charge in [-0.1, -0.05) is 20.3 Å². The van der Waals surface area contributed by atoms with Crippen molar-refractivity contribution in [2.45, 2.75) is 84.5 Å². The molecule has 8 heteroatoms. The maximum absolute atomic E-state index is 14.9. The van der Waals surface area contributed by atoms with Crippen LogP contribution in [0.5, 0.6) is 5.75 Å². The molecular weight excluding hydrogens is 502 g/mol. The number of nitriles is 2. The Kier molecular flexibility index (Phi) is 5.34. The number of ether oxygens (including phenoxy) is 1. The van der Waals surface area contributed by atoms with Crippen LogP contribution < -0.4 is 9.64 Å². The number of amides is 1. The number of aliphatic imine (C=N–C) groups is 1. The van der Waals surface area contributed by atoms with Crippen molar-refractivity contribution in [1.29, 1.82) is 10.5 Å².